The number of nitrogens with one attached hydrogen (secondary N) is 1. The SMILES string of the molecule is O=C(Cc1cccc(Cl)c1)N[C@H]1C[C@@H]2OCC[C@H]12. The molecule has 1 N–H and O–H groups in total. The minimum absolute atomic E-state index is 0.0765. The van der Waals surface area contributed by atoms with Gasteiger partial charge >= 0.3 is 0 Å². The molecule has 0 unspecified atom stereocenters. The summed E-state index contributed by atoms with van der Waals surface area (Å²) in [6.45, 7) is 0.843. The fourth-order valence-electron chi connectivity index (χ4n) is 2.85. The molecule has 96 valence electrons. The van der Waals surface area contributed by atoms with E-state index in [4.69, 9.17) is 16.3 Å². The fourth-order valence-corrected chi connectivity index (χ4v) is 3.07. The molecule has 2 aliphatic rings. The quantitative estimate of drug-likeness (QED) is 0.910. The monoisotopic (exact) mass is 265 g/mol. The second-order valence-electron chi connectivity index (χ2n) is 5.08. The first-order valence-corrected chi connectivity index (χ1v) is 6.75. The molecule has 4 heteroatoms. The normalized spacial score (nSPS) is 29.5. The van der Waals surface area contributed by atoms with Gasteiger partial charge in [0.15, 0.2) is 0 Å². The molecule has 3 atom stereocenters. The summed E-state index contributed by atoms with van der Waals surface area (Å²) in [6, 6.07) is 7.76. The fraction of sp³-hybridized carbons (Fsp3) is 0.500. The van der Waals surface area contributed by atoms with Gasteiger partial charge in [-0.25, -0.2) is 0 Å². The Labute approximate surface area is 111 Å². The third-order valence-corrected chi connectivity index (χ3v) is 4.10. The van der Waals surface area contributed by atoms with Crippen molar-refractivity contribution in [1.82, 2.24) is 5.32 Å². The highest BCUT2D eigenvalue weighted by molar-refractivity contribution is 6.30. The molecule has 1 saturated carbocycles. The molecule has 1 aliphatic carbocycles. The number of carbonyl (C=O) groups is 1. The highest BCUT2D eigenvalue weighted by Gasteiger charge is 2.45. The third-order valence-electron chi connectivity index (χ3n) is 3.86. The lowest BCUT2D eigenvalue weighted by atomic mass is 9.76. The van der Waals surface area contributed by atoms with Crippen molar-refractivity contribution in [2.24, 2.45) is 5.92 Å². The summed E-state index contributed by atoms with van der Waals surface area (Å²) in [4.78, 5) is 11.9. The van der Waals surface area contributed by atoms with Crippen LogP contribution < -0.4 is 5.32 Å². The highest BCUT2D eigenvalue weighted by Crippen LogP contribution is 2.38. The number of fused-ring (bicyclic) bond motifs is 1. The van der Waals surface area contributed by atoms with Crippen molar-refractivity contribution in [1.29, 1.82) is 0 Å². The number of hydrogen-bond donors (Lipinski definition) is 1. The highest BCUT2D eigenvalue weighted by atomic mass is 35.5. The molecule has 3 rings (SSSR count). The van der Waals surface area contributed by atoms with Crippen LogP contribution in [0.15, 0.2) is 24.3 Å². The van der Waals surface area contributed by atoms with E-state index >= 15 is 0 Å². The molecule has 1 heterocycles. The van der Waals surface area contributed by atoms with Gasteiger partial charge in [-0.1, -0.05) is 23.7 Å². The second-order valence-corrected chi connectivity index (χ2v) is 5.51. The maximum Gasteiger partial charge on any atom is 0.224 e. The molecule has 0 radical (unpaired) electrons. The molecule has 18 heavy (non-hydrogen) atoms. The van der Waals surface area contributed by atoms with Crippen molar-refractivity contribution in [3.8, 4) is 0 Å². The predicted molar refractivity (Wildman–Crippen MR) is 69.6 cm³/mol. The zero-order valence-electron chi connectivity index (χ0n) is 10.1. The summed E-state index contributed by atoms with van der Waals surface area (Å²) < 4.78 is 5.53. The molecule has 1 aliphatic heterocycles. The number of carbonyl (C=O) groups excluding carboxylic acids is 1. The summed E-state index contributed by atoms with van der Waals surface area (Å²) in [6.07, 6.45) is 2.83. The molecule has 1 saturated heterocycles. The van der Waals surface area contributed by atoms with E-state index in [0.717, 1.165) is 25.0 Å². The van der Waals surface area contributed by atoms with Crippen LogP contribution in [0.5, 0.6) is 0 Å². The van der Waals surface area contributed by atoms with Crippen molar-refractivity contribution < 1.29 is 9.53 Å². The van der Waals surface area contributed by atoms with Crippen LogP contribution in [0.25, 0.3) is 0 Å². The van der Waals surface area contributed by atoms with E-state index in [-0.39, 0.29) is 5.91 Å². The molecule has 0 spiro atoms. The number of hydrogen-bond acceptors (Lipinski definition) is 2. The van der Waals surface area contributed by atoms with E-state index in [1.807, 2.05) is 24.3 Å². The van der Waals surface area contributed by atoms with E-state index in [2.05, 4.69) is 5.32 Å². The lowest BCUT2D eigenvalue weighted by Gasteiger charge is -2.39. The van der Waals surface area contributed by atoms with Crippen LogP contribution in [-0.4, -0.2) is 24.7 Å². The van der Waals surface area contributed by atoms with Crippen molar-refractivity contribution in [2.75, 3.05) is 6.61 Å². The van der Waals surface area contributed by atoms with Gasteiger partial charge in [-0.15, -0.1) is 0 Å². The van der Waals surface area contributed by atoms with Gasteiger partial charge in [-0.2, -0.15) is 0 Å². The minimum Gasteiger partial charge on any atom is -0.378 e. The molecule has 1 aromatic carbocycles. The largest absolute Gasteiger partial charge is 0.378 e. The summed E-state index contributed by atoms with van der Waals surface area (Å²) in [5.41, 5.74) is 0.957. The van der Waals surface area contributed by atoms with Gasteiger partial charge in [0.05, 0.1) is 12.5 Å². The lowest BCUT2D eigenvalue weighted by molar-refractivity contribution is -0.123. The smallest absolute Gasteiger partial charge is 0.224 e. The maximum atomic E-state index is 11.9. The number of benzene rings is 1. The van der Waals surface area contributed by atoms with Gasteiger partial charge < -0.3 is 10.1 Å². The standard InChI is InChI=1S/C14H16ClNO2/c15-10-3-1-2-9(6-10)7-14(17)16-12-8-13-11(12)4-5-18-13/h1-3,6,11-13H,4-5,7-8H2,(H,16,17)/t11-,12+,13+/m1/s1. The van der Waals surface area contributed by atoms with E-state index in [1.54, 1.807) is 0 Å². The second kappa shape index (κ2) is 4.90. The van der Waals surface area contributed by atoms with E-state index in [1.165, 1.54) is 0 Å². The maximum absolute atomic E-state index is 11.9. The predicted octanol–water partition coefficient (Wildman–Crippen LogP) is 2.18. The average Bonchev–Trinajstić information content (AvgIpc) is 2.68. The first-order valence-electron chi connectivity index (χ1n) is 6.38. The zero-order chi connectivity index (χ0) is 12.5. The Hall–Kier alpha value is -1.06. The number of amides is 1. The van der Waals surface area contributed by atoms with Gasteiger partial charge in [-0.05, 0) is 30.5 Å². The Kier molecular flexibility index (Phi) is 3.27. The van der Waals surface area contributed by atoms with E-state index in [0.29, 0.717) is 29.5 Å². The van der Waals surface area contributed by atoms with Gasteiger partial charge in [-0.3, -0.25) is 4.79 Å². The summed E-state index contributed by atoms with van der Waals surface area (Å²) in [5.74, 6) is 0.612. The summed E-state index contributed by atoms with van der Waals surface area (Å²) in [7, 11) is 0. The third kappa shape index (κ3) is 2.38. The Bertz CT molecular complexity index is 463. The van der Waals surface area contributed by atoms with E-state index < -0.39 is 0 Å². The summed E-state index contributed by atoms with van der Waals surface area (Å²) >= 11 is 5.90. The van der Waals surface area contributed by atoms with Crippen molar-refractivity contribution in [2.45, 2.75) is 31.4 Å². The first kappa shape index (κ1) is 12.0. The van der Waals surface area contributed by atoms with Crippen LogP contribution in [-0.2, 0) is 16.0 Å². The molecule has 1 aromatic rings. The molecule has 3 nitrogen and oxygen atoms in total. The molecule has 0 aromatic heterocycles. The van der Waals surface area contributed by atoms with Gasteiger partial charge in [0, 0.05) is 23.6 Å². The molecular weight excluding hydrogens is 250 g/mol. The summed E-state index contributed by atoms with van der Waals surface area (Å²) in [5, 5.41) is 3.77. The van der Waals surface area contributed by atoms with Gasteiger partial charge in [0.25, 0.3) is 0 Å². The number of rotatable bonds is 3. The van der Waals surface area contributed by atoms with Crippen molar-refractivity contribution >= 4 is 17.5 Å². The Balaban J connectivity index is 1.53. The molecule has 0 bridgehead atoms. The number of halogens is 1. The first-order chi connectivity index (χ1) is 8.72. The Morgan fingerprint density at radius 3 is 3.17 bits per heavy atom. The van der Waals surface area contributed by atoms with Gasteiger partial charge in [0.1, 0.15) is 0 Å². The van der Waals surface area contributed by atoms with Crippen LogP contribution in [0.4, 0.5) is 0 Å². The average molecular weight is 266 g/mol. The Morgan fingerprint density at radius 2 is 2.39 bits per heavy atom. The topological polar surface area (TPSA) is 38.3 Å². The molecular formula is C14H16ClNO2. The van der Waals surface area contributed by atoms with Gasteiger partial charge in [0.2, 0.25) is 5.91 Å². The van der Waals surface area contributed by atoms with Crippen LogP contribution >= 0.6 is 11.6 Å². The van der Waals surface area contributed by atoms with Crippen LogP contribution in [0.1, 0.15) is 18.4 Å². The van der Waals surface area contributed by atoms with Crippen LogP contribution in [0.3, 0.4) is 0 Å². The number of ether oxygens (including phenoxy) is 1. The van der Waals surface area contributed by atoms with Crippen LogP contribution in [0, 0.1) is 5.92 Å². The van der Waals surface area contributed by atoms with E-state index in [9.17, 15) is 4.79 Å². The zero-order valence-corrected chi connectivity index (χ0v) is 10.8. The Morgan fingerprint density at radius 1 is 1.50 bits per heavy atom. The molecule has 2 fully saturated rings. The van der Waals surface area contributed by atoms with Crippen molar-refractivity contribution in [3.63, 3.8) is 0 Å². The lowest BCUT2D eigenvalue weighted by Crippen LogP contribution is -2.53. The minimum atomic E-state index is 0.0765. The van der Waals surface area contributed by atoms with Crippen molar-refractivity contribution in [3.05, 3.63) is 34.9 Å². The molecule has 1 amide bonds. The van der Waals surface area contributed by atoms with Crippen LogP contribution in [0.2, 0.25) is 5.02 Å².